The third kappa shape index (κ3) is 3.28. The second-order valence-electron chi connectivity index (χ2n) is 6.46. The number of halogens is 1. The summed E-state index contributed by atoms with van der Waals surface area (Å²) in [7, 11) is 0. The maximum atomic E-state index is 6.05. The van der Waals surface area contributed by atoms with Crippen molar-refractivity contribution in [2.24, 2.45) is 5.92 Å². The van der Waals surface area contributed by atoms with Gasteiger partial charge in [-0.3, -0.25) is 4.90 Å². The van der Waals surface area contributed by atoms with Crippen LogP contribution in [0.25, 0.3) is 0 Å². The van der Waals surface area contributed by atoms with Crippen LogP contribution in [0.15, 0.2) is 11.6 Å². The number of nitrogens with zero attached hydrogens (tertiary/aromatic N) is 1. The lowest BCUT2D eigenvalue weighted by molar-refractivity contribution is 0.0445. The van der Waals surface area contributed by atoms with Gasteiger partial charge in [0.2, 0.25) is 0 Å². The second kappa shape index (κ2) is 5.94. The van der Waals surface area contributed by atoms with Crippen molar-refractivity contribution >= 4 is 11.6 Å². The first-order valence-corrected chi connectivity index (χ1v) is 7.73. The largest absolute Gasteiger partial charge is 0.308 e. The van der Waals surface area contributed by atoms with E-state index < -0.39 is 0 Å². The van der Waals surface area contributed by atoms with Crippen LogP contribution in [0.3, 0.4) is 0 Å². The molecule has 2 nitrogen and oxygen atoms in total. The Kier molecular flexibility index (Phi) is 4.74. The SMILES string of the molecule is C=C(Cl)CN1CC2(CCCCC2)NCC1C(C)C. The first kappa shape index (κ1) is 14.4. The molecule has 1 aliphatic heterocycles. The Bertz CT molecular complexity index is 295. The fraction of sp³-hybridized carbons (Fsp3) is 0.867. The van der Waals surface area contributed by atoms with Crippen molar-refractivity contribution in [2.75, 3.05) is 19.6 Å². The minimum atomic E-state index is 0.357. The van der Waals surface area contributed by atoms with Crippen LogP contribution in [0.1, 0.15) is 46.0 Å². The van der Waals surface area contributed by atoms with E-state index in [0.29, 0.717) is 17.5 Å². The molecule has 1 unspecified atom stereocenters. The van der Waals surface area contributed by atoms with Crippen LogP contribution in [-0.2, 0) is 0 Å². The van der Waals surface area contributed by atoms with Gasteiger partial charge in [-0.15, -0.1) is 0 Å². The van der Waals surface area contributed by atoms with Gasteiger partial charge in [0.15, 0.2) is 0 Å². The molecule has 0 aromatic rings. The Labute approximate surface area is 117 Å². The summed E-state index contributed by atoms with van der Waals surface area (Å²) >= 11 is 6.05. The number of piperazine rings is 1. The quantitative estimate of drug-likeness (QED) is 0.846. The zero-order chi connectivity index (χ0) is 13.2. The Morgan fingerprint density at radius 3 is 2.61 bits per heavy atom. The summed E-state index contributed by atoms with van der Waals surface area (Å²) in [6, 6.07) is 0.591. The van der Waals surface area contributed by atoms with Crippen LogP contribution < -0.4 is 5.32 Å². The summed E-state index contributed by atoms with van der Waals surface area (Å²) in [4.78, 5) is 2.56. The van der Waals surface area contributed by atoms with Crippen molar-refractivity contribution in [3.63, 3.8) is 0 Å². The summed E-state index contributed by atoms with van der Waals surface area (Å²) in [5.41, 5.74) is 0.357. The van der Waals surface area contributed by atoms with Crippen molar-refractivity contribution < 1.29 is 0 Å². The fourth-order valence-electron chi connectivity index (χ4n) is 3.63. The Balaban J connectivity index is 2.06. The van der Waals surface area contributed by atoms with Crippen molar-refractivity contribution in [3.05, 3.63) is 11.6 Å². The zero-order valence-electron chi connectivity index (χ0n) is 11.8. The van der Waals surface area contributed by atoms with E-state index in [2.05, 4.69) is 30.6 Å². The molecule has 0 amide bonds. The highest BCUT2D eigenvalue weighted by molar-refractivity contribution is 6.29. The molecular weight excluding hydrogens is 244 g/mol. The first-order chi connectivity index (χ1) is 8.52. The Morgan fingerprint density at radius 2 is 2.06 bits per heavy atom. The van der Waals surface area contributed by atoms with Crippen LogP contribution in [-0.4, -0.2) is 36.1 Å². The van der Waals surface area contributed by atoms with Gasteiger partial charge >= 0.3 is 0 Å². The lowest BCUT2D eigenvalue weighted by Gasteiger charge is -2.50. The van der Waals surface area contributed by atoms with E-state index >= 15 is 0 Å². The highest BCUT2D eigenvalue weighted by atomic mass is 35.5. The standard InChI is InChI=1S/C15H27ClN2/c1-12(2)14-9-17-15(7-5-4-6-8-15)11-18(14)10-13(3)16/h12,14,17H,3-11H2,1-2H3. The van der Waals surface area contributed by atoms with Gasteiger partial charge in [0.25, 0.3) is 0 Å². The van der Waals surface area contributed by atoms with Gasteiger partial charge in [-0.2, -0.15) is 0 Å². The van der Waals surface area contributed by atoms with Gasteiger partial charge < -0.3 is 5.32 Å². The third-order valence-electron chi connectivity index (χ3n) is 4.62. The molecule has 1 atom stereocenters. The Hall–Kier alpha value is -0.0500. The maximum Gasteiger partial charge on any atom is 0.0340 e. The maximum absolute atomic E-state index is 6.05. The molecule has 1 saturated heterocycles. The van der Waals surface area contributed by atoms with E-state index in [1.807, 2.05) is 0 Å². The number of hydrogen-bond donors (Lipinski definition) is 1. The smallest absolute Gasteiger partial charge is 0.0340 e. The minimum absolute atomic E-state index is 0.357. The summed E-state index contributed by atoms with van der Waals surface area (Å²) in [6.45, 7) is 11.6. The molecule has 0 radical (unpaired) electrons. The highest BCUT2D eigenvalue weighted by Gasteiger charge is 2.40. The van der Waals surface area contributed by atoms with Gasteiger partial charge in [-0.1, -0.05) is 51.3 Å². The zero-order valence-corrected chi connectivity index (χ0v) is 12.6. The van der Waals surface area contributed by atoms with Gasteiger partial charge in [-0.05, 0) is 18.8 Å². The summed E-state index contributed by atoms with van der Waals surface area (Å²) < 4.78 is 0. The van der Waals surface area contributed by atoms with Crippen LogP contribution >= 0.6 is 11.6 Å². The van der Waals surface area contributed by atoms with E-state index in [0.717, 1.165) is 24.7 Å². The number of rotatable bonds is 3. The summed E-state index contributed by atoms with van der Waals surface area (Å²) in [6.07, 6.45) is 6.79. The van der Waals surface area contributed by atoms with E-state index in [4.69, 9.17) is 11.6 Å². The third-order valence-corrected chi connectivity index (χ3v) is 4.74. The molecular formula is C15H27ClN2. The van der Waals surface area contributed by atoms with Crippen LogP contribution in [0.2, 0.25) is 0 Å². The fourth-order valence-corrected chi connectivity index (χ4v) is 3.78. The molecule has 2 fully saturated rings. The molecule has 0 aromatic carbocycles. The van der Waals surface area contributed by atoms with Gasteiger partial charge in [0.1, 0.15) is 0 Å². The number of hydrogen-bond acceptors (Lipinski definition) is 2. The molecule has 18 heavy (non-hydrogen) atoms. The second-order valence-corrected chi connectivity index (χ2v) is 6.99. The van der Waals surface area contributed by atoms with Crippen LogP contribution in [0, 0.1) is 5.92 Å². The predicted octanol–water partition coefficient (Wildman–Crippen LogP) is 3.37. The first-order valence-electron chi connectivity index (χ1n) is 7.35. The lowest BCUT2D eigenvalue weighted by Crippen LogP contribution is -2.65. The Morgan fingerprint density at radius 1 is 1.39 bits per heavy atom. The molecule has 1 saturated carbocycles. The molecule has 0 bridgehead atoms. The average Bonchev–Trinajstić information content (AvgIpc) is 2.28. The summed E-state index contributed by atoms with van der Waals surface area (Å²) in [5.74, 6) is 0.662. The van der Waals surface area contributed by atoms with Gasteiger partial charge in [-0.25, -0.2) is 0 Å². The molecule has 1 heterocycles. The lowest BCUT2D eigenvalue weighted by atomic mass is 9.78. The van der Waals surface area contributed by atoms with E-state index in [1.54, 1.807) is 0 Å². The molecule has 1 N–H and O–H groups in total. The normalized spacial score (nSPS) is 28.8. The summed E-state index contributed by atoms with van der Waals surface area (Å²) in [5, 5.41) is 4.63. The minimum Gasteiger partial charge on any atom is -0.308 e. The molecule has 1 spiro atoms. The molecule has 1 aliphatic carbocycles. The average molecular weight is 271 g/mol. The van der Waals surface area contributed by atoms with Crippen LogP contribution in [0.5, 0.6) is 0 Å². The van der Waals surface area contributed by atoms with E-state index in [-0.39, 0.29) is 0 Å². The van der Waals surface area contributed by atoms with Crippen molar-refractivity contribution in [2.45, 2.75) is 57.5 Å². The monoisotopic (exact) mass is 270 g/mol. The van der Waals surface area contributed by atoms with Crippen molar-refractivity contribution in [3.8, 4) is 0 Å². The molecule has 3 heteroatoms. The van der Waals surface area contributed by atoms with Gasteiger partial charge in [0.05, 0.1) is 0 Å². The van der Waals surface area contributed by atoms with Crippen molar-refractivity contribution in [1.29, 1.82) is 0 Å². The van der Waals surface area contributed by atoms with Gasteiger partial charge in [0, 0.05) is 36.2 Å². The van der Waals surface area contributed by atoms with E-state index in [9.17, 15) is 0 Å². The molecule has 104 valence electrons. The van der Waals surface area contributed by atoms with Crippen LogP contribution in [0.4, 0.5) is 0 Å². The topological polar surface area (TPSA) is 15.3 Å². The highest BCUT2D eigenvalue weighted by Crippen LogP contribution is 2.33. The molecule has 2 rings (SSSR count). The van der Waals surface area contributed by atoms with Crippen molar-refractivity contribution in [1.82, 2.24) is 10.2 Å². The van der Waals surface area contributed by atoms with E-state index in [1.165, 1.54) is 32.1 Å². The molecule has 0 aromatic heterocycles. The molecule has 2 aliphatic rings. The predicted molar refractivity (Wildman–Crippen MR) is 79.0 cm³/mol. The number of nitrogens with one attached hydrogen (secondary N) is 1.